The monoisotopic (exact) mass is 210 g/mol. The van der Waals surface area contributed by atoms with Crippen molar-refractivity contribution in [3.05, 3.63) is 18.2 Å². The number of nitrogens with two attached hydrogens (primary N) is 1. The second-order valence-corrected chi connectivity index (χ2v) is 4.10. The van der Waals surface area contributed by atoms with Gasteiger partial charge in [-0.25, -0.2) is 4.98 Å². The van der Waals surface area contributed by atoms with Crippen LogP contribution in [0.3, 0.4) is 0 Å². The first kappa shape index (κ1) is 10.6. The van der Waals surface area contributed by atoms with E-state index in [0.29, 0.717) is 6.42 Å². The van der Waals surface area contributed by atoms with Gasteiger partial charge in [0.05, 0.1) is 6.33 Å². The molecule has 1 saturated heterocycles. The Hall–Kier alpha value is -0.910. The van der Waals surface area contributed by atoms with Crippen molar-refractivity contribution >= 4 is 0 Å². The van der Waals surface area contributed by atoms with Crippen molar-refractivity contribution in [1.29, 1.82) is 0 Å². The van der Waals surface area contributed by atoms with Crippen LogP contribution in [-0.4, -0.2) is 45.3 Å². The van der Waals surface area contributed by atoms with Crippen LogP contribution in [0, 0.1) is 0 Å². The molecule has 0 radical (unpaired) electrons. The first-order valence-corrected chi connectivity index (χ1v) is 5.42. The Morgan fingerprint density at radius 1 is 1.53 bits per heavy atom. The Bertz CT molecular complexity index is 282. The largest absolute Gasteiger partial charge is 0.377 e. The normalized spacial score (nSPS) is 21.7. The van der Waals surface area contributed by atoms with Crippen LogP contribution < -0.4 is 5.73 Å². The van der Waals surface area contributed by atoms with E-state index >= 15 is 0 Å². The van der Waals surface area contributed by atoms with E-state index in [1.807, 2.05) is 4.90 Å². The molecule has 1 aliphatic heterocycles. The van der Waals surface area contributed by atoms with Gasteiger partial charge < -0.3 is 15.8 Å². The van der Waals surface area contributed by atoms with E-state index < -0.39 is 6.23 Å². The number of nitrogens with zero attached hydrogens (tertiary/aromatic N) is 2. The molecule has 1 fully saturated rings. The molecule has 1 unspecified atom stereocenters. The van der Waals surface area contributed by atoms with Crippen molar-refractivity contribution in [2.24, 2.45) is 5.73 Å². The molecule has 5 heteroatoms. The topological polar surface area (TPSA) is 78.2 Å². The summed E-state index contributed by atoms with van der Waals surface area (Å²) < 4.78 is 0. The molecule has 1 aromatic rings. The van der Waals surface area contributed by atoms with Gasteiger partial charge in [0, 0.05) is 37.4 Å². The molecule has 4 N–H and O–H groups in total. The third-order valence-electron chi connectivity index (χ3n) is 2.91. The maximum Gasteiger partial charge on any atom is 0.123 e. The third kappa shape index (κ3) is 2.56. The molecule has 5 nitrogen and oxygen atoms in total. The van der Waals surface area contributed by atoms with Crippen LogP contribution in [0.4, 0.5) is 0 Å². The molecule has 1 aliphatic rings. The van der Waals surface area contributed by atoms with E-state index in [1.165, 1.54) is 0 Å². The van der Waals surface area contributed by atoms with Crippen molar-refractivity contribution in [2.45, 2.75) is 31.5 Å². The van der Waals surface area contributed by atoms with Gasteiger partial charge in [-0.3, -0.25) is 4.90 Å². The fourth-order valence-corrected chi connectivity index (χ4v) is 2.03. The summed E-state index contributed by atoms with van der Waals surface area (Å²) in [7, 11) is 0. The molecule has 0 aliphatic carbocycles. The van der Waals surface area contributed by atoms with Crippen LogP contribution in [0.2, 0.25) is 0 Å². The van der Waals surface area contributed by atoms with Crippen molar-refractivity contribution in [3.8, 4) is 0 Å². The van der Waals surface area contributed by atoms with Crippen LogP contribution in [0.1, 0.15) is 18.5 Å². The second-order valence-electron chi connectivity index (χ2n) is 4.10. The van der Waals surface area contributed by atoms with Gasteiger partial charge in [-0.1, -0.05) is 0 Å². The van der Waals surface area contributed by atoms with E-state index in [4.69, 9.17) is 5.73 Å². The van der Waals surface area contributed by atoms with Crippen LogP contribution in [0.5, 0.6) is 0 Å². The molecule has 2 heterocycles. The molecular formula is C10H18N4O. The lowest BCUT2D eigenvalue weighted by Gasteiger charge is -2.27. The highest BCUT2D eigenvalue weighted by Crippen LogP contribution is 2.13. The number of rotatable bonds is 4. The molecule has 15 heavy (non-hydrogen) atoms. The van der Waals surface area contributed by atoms with Crippen LogP contribution in [0.15, 0.2) is 12.5 Å². The first-order chi connectivity index (χ1) is 7.27. The zero-order valence-electron chi connectivity index (χ0n) is 8.76. The number of H-pyrrole nitrogens is 1. The molecule has 2 rings (SSSR count). The molecule has 0 aromatic carbocycles. The Morgan fingerprint density at radius 2 is 2.27 bits per heavy atom. The predicted molar refractivity (Wildman–Crippen MR) is 57.1 cm³/mol. The van der Waals surface area contributed by atoms with E-state index in [-0.39, 0.29) is 6.04 Å². The van der Waals surface area contributed by atoms with E-state index in [1.54, 1.807) is 12.5 Å². The van der Waals surface area contributed by atoms with E-state index in [0.717, 1.165) is 31.6 Å². The van der Waals surface area contributed by atoms with Crippen LogP contribution >= 0.6 is 0 Å². The summed E-state index contributed by atoms with van der Waals surface area (Å²) in [5.74, 6) is 0. The fraction of sp³-hybridized carbons (Fsp3) is 0.700. The number of aliphatic hydroxyl groups is 1. The minimum absolute atomic E-state index is 0.247. The Kier molecular flexibility index (Phi) is 3.35. The van der Waals surface area contributed by atoms with Crippen LogP contribution in [-0.2, 0) is 6.42 Å². The van der Waals surface area contributed by atoms with Crippen molar-refractivity contribution < 1.29 is 5.11 Å². The lowest BCUT2D eigenvalue weighted by atomic mass is 10.1. The molecule has 2 atom stereocenters. The maximum absolute atomic E-state index is 9.98. The van der Waals surface area contributed by atoms with Crippen molar-refractivity contribution in [2.75, 3.05) is 13.1 Å². The lowest BCUT2D eigenvalue weighted by molar-refractivity contribution is 0.000154. The van der Waals surface area contributed by atoms with Gasteiger partial charge in [-0.2, -0.15) is 0 Å². The number of imidazole rings is 1. The van der Waals surface area contributed by atoms with Gasteiger partial charge in [0.1, 0.15) is 6.23 Å². The number of likely N-dealkylation sites (tertiary alicyclic amines) is 1. The average Bonchev–Trinajstić information content (AvgIpc) is 2.88. The molecule has 1 aromatic heterocycles. The standard InChI is InChI=1S/C10H18N4O/c11-9(5-8-6-12-7-13-8)10(15)14-3-1-2-4-14/h6-7,9-10,15H,1-5,11H2,(H,12,13)/t9-,10?/m0/s1. The zero-order chi connectivity index (χ0) is 10.7. The summed E-state index contributed by atoms with van der Waals surface area (Å²) in [6, 6.07) is -0.247. The number of hydrogen-bond acceptors (Lipinski definition) is 4. The predicted octanol–water partition coefficient (Wildman–Crippen LogP) is -0.306. The summed E-state index contributed by atoms with van der Waals surface area (Å²) in [5, 5.41) is 9.98. The first-order valence-electron chi connectivity index (χ1n) is 5.42. The zero-order valence-corrected chi connectivity index (χ0v) is 8.76. The minimum atomic E-state index is -0.532. The molecule has 84 valence electrons. The molecule has 0 bridgehead atoms. The van der Waals surface area contributed by atoms with Crippen LogP contribution in [0.25, 0.3) is 0 Å². The molecule has 0 amide bonds. The van der Waals surface area contributed by atoms with Gasteiger partial charge in [0.15, 0.2) is 0 Å². The SMILES string of the molecule is N[C@@H](Cc1cnc[nH]1)C(O)N1CCCC1. The molecule has 0 saturated carbocycles. The summed E-state index contributed by atoms with van der Waals surface area (Å²) in [5.41, 5.74) is 6.92. The smallest absolute Gasteiger partial charge is 0.123 e. The Labute approximate surface area is 89.3 Å². The third-order valence-corrected chi connectivity index (χ3v) is 2.91. The average molecular weight is 210 g/mol. The van der Waals surface area contributed by atoms with Crippen molar-refractivity contribution in [1.82, 2.24) is 14.9 Å². The summed E-state index contributed by atoms with van der Waals surface area (Å²) in [6.07, 6.45) is 5.80. The maximum atomic E-state index is 9.98. The fourth-order valence-electron chi connectivity index (χ4n) is 2.03. The lowest BCUT2D eigenvalue weighted by Crippen LogP contribution is -2.47. The summed E-state index contributed by atoms with van der Waals surface area (Å²) >= 11 is 0. The highest BCUT2D eigenvalue weighted by Gasteiger charge is 2.25. The summed E-state index contributed by atoms with van der Waals surface area (Å²) in [4.78, 5) is 8.96. The Balaban J connectivity index is 1.86. The van der Waals surface area contributed by atoms with Gasteiger partial charge in [-0.05, 0) is 12.8 Å². The van der Waals surface area contributed by atoms with Gasteiger partial charge in [-0.15, -0.1) is 0 Å². The van der Waals surface area contributed by atoms with Gasteiger partial charge in [0.25, 0.3) is 0 Å². The highest BCUT2D eigenvalue weighted by molar-refractivity contribution is 4.98. The van der Waals surface area contributed by atoms with Gasteiger partial charge >= 0.3 is 0 Å². The molecule has 0 spiro atoms. The van der Waals surface area contributed by atoms with E-state index in [9.17, 15) is 5.11 Å². The summed E-state index contributed by atoms with van der Waals surface area (Å²) in [6.45, 7) is 1.91. The van der Waals surface area contributed by atoms with Crippen molar-refractivity contribution in [3.63, 3.8) is 0 Å². The van der Waals surface area contributed by atoms with E-state index in [2.05, 4.69) is 9.97 Å². The number of aliphatic hydroxyl groups excluding tert-OH is 1. The quantitative estimate of drug-likeness (QED) is 0.637. The minimum Gasteiger partial charge on any atom is -0.377 e. The number of nitrogens with one attached hydrogen (secondary N) is 1. The van der Waals surface area contributed by atoms with Gasteiger partial charge in [0.2, 0.25) is 0 Å². The highest BCUT2D eigenvalue weighted by atomic mass is 16.3. The molecular weight excluding hydrogens is 192 g/mol. The number of hydrogen-bond donors (Lipinski definition) is 3. The number of aromatic amines is 1. The Morgan fingerprint density at radius 3 is 2.87 bits per heavy atom. The number of aromatic nitrogens is 2. The second kappa shape index (κ2) is 4.74.